The summed E-state index contributed by atoms with van der Waals surface area (Å²) in [6.45, 7) is 2.39. The second-order valence-corrected chi connectivity index (χ2v) is 9.92. The van der Waals surface area contributed by atoms with E-state index in [2.05, 4.69) is 6.07 Å². The maximum Gasteiger partial charge on any atom is 0.235 e. The Bertz CT molecular complexity index is 1220. The first-order valence-corrected chi connectivity index (χ1v) is 11.9. The van der Waals surface area contributed by atoms with Gasteiger partial charge in [-0.15, -0.1) is 0 Å². The number of ether oxygens (including phenoxy) is 1. The van der Waals surface area contributed by atoms with Gasteiger partial charge in [0.1, 0.15) is 12.4 Å². The van der Waals surface area contributed by atoms with Crippen LogP contribution in [0.15, 0.2) is 66.7 Å². The molecule has 1 saturated heterocycles. The summed E-state index contributed by atoms with van der Waals surface area (Å²) in [4.78, 5) is 11.6. The van der Waals surface area contributed by atoms with E-state index in [9.17, 15) is 13.2 Å². The molecule has 0 aliphatic carbocycles. The molecule has 7 heteroatoms. The van der Waals surface area contributed by atoms with Gasteiger partial charge in [0.15, 0.2) is 0 Å². The van der Waals surface area contributed by atoms with Crippen molar-refractivity contribution < 1.29 is 17.9 Å². The minimum absolute atomic E-state index is 0.0900. The molecule has 1 fully saturated rings. The number of benzene rings is 3. The quantitative estimate of drug-likeness (QED) is 0.598. The molecule has 0 radical (unpaired) electrons. The van der Waals surface area contributed by atoms with Crippen LogP contribution < -0.4 is 9.46 Å². The fourth-order valence-electron chi connectivity index (χ4n) is 3.70. The number of nitrogens with one attached hydrogen (secondary N) is 1. The summed E-state index contributed by atoms with van der Waals surface area (Å²) in [6, 6.07) is 21.3. The van der Waals surface area contributed by atoms with Crippen molar-refractivity contribution in [2.24, 2.45) is 0 Å². The van der Waals surface area contributed by atoms with Crippen LogP contribution in [0.3, 0.4) is 0 Å². The van der Waals surface area contributed by atoms with E-state index in [0.29, 0.717) is 17.4 Å². The number of sulfonamides is 1. The van der Waals surface area contributed by atoms with Crippen LogP contribution in [0.1, 0.15) is 29.0 Å². The molecule has 3 aromatic carbocycles. The maximum atomic E-state index is 11.8. The molecule has 5 nitrogen and oxygen atoms in total. The largest absolute Gasteiger partial charge is 0.489 e. The van der Waals surface area contributed by atoms with Crippen molar-refractivity contribution in [3.8, 4) is 16.9 Å². The van der Waals surface area contributed by atoms with Crippen LogP contribution in [0.5, 0.6) is 5.75 Å². The van der Waals surface area contributed by atoms with Crippen molar-refractivity contribution in [2.75, 3.05) is 5.75 Å². The van der Waals surface area contributed by atoms with Crippen molar-refractivity contribution in [3.63, 3.8) is 0 Å². The predicted octanol–water partition coefficient (Wildman–Crippen LogP) is 4.83. The van der Waals surface area contributed by atoms with Crippen molar-refractivity contribution >= 4 is 27.5 Å². The van der Waals surface area contributed by atoms with E-state index in [1.54, 1.807) is 12.1 Å². The number of carbonyl (C=O) groups is 1. The van der Waals surface area contributed by atoms with Crippen molar-refractivity contribution in [2.45, 2.75) is 25.9 Å². The molecule has 1 unspecified atom stereocenters. The van der Waals surface area contributed by atoms with Gasteiger partial charge in [0.25, 0.3) is 0 Å². The van der Waals surface area contributed by atoms with Crippen LogP contribution in [0.25, 0.3) is 11.1 Å². The van der Waals surface area contributed by atoms with Crippen LogP contribution in [-0.4, -0.2) is 20.1 Å². The average molecular weight is 456 g/mol. The molecule has 0 bridgehead atoms. The minimum Gasteiger partial charge on any atom is -0.489 e. The Balaban J connectivity index is 1.43. The van der Waals surface area contributed by atoms with Crippen LogP contribution >= 0.6 is 11.6 Å². The summed E-state index contributed by atoms with van der Waals surface area (Å²) in [5.74, 6) is -0.229. The monoisotopic (exact) mass is 455 g/mol. The normalized spacial score (nSPS) is 17.7. The van der Waals surface area contributed by atoms with Crippen LogP contribution in [0, 0.1) is 6.92 Å². The van der Waals surface area contributed by atoms with Gasteiger partial charge in [-0.2, -0.15) is 0 Å². The minimum atomic E-state index is -3.56. The van der Waals surface area contributed by atoms with Gasteiger partial charge >= 0.3 is 0 Å². The fourth-order valence-corrected chi connectivity index (χ4v) is 5.40. The molecule has 1 amide bonds. The molecule has 31 heavy (non-hydrogen) atoms. The summed E-state index contributed by atoms with van der Waals surface area (Å²) in [6.07, 6.45) is 0.161. The molecule has 0 spiro atoms. The van der Waals surface area contributed by atoms with E-state index in [1.807, 2.05) is 60.2 Å². The highest BCUT2D eigenvalue weighted by Crippen LogP contribution is 2.30. The Hall–Kier alpha value is -2.83. The standard InChI is InChI=1S/C24H22ClNO4S/c1-16-5-10-22(23(25)11-16)19-4-2-3-17(12-19)14-30-21-8-6-18(7-9-21)20-13-24(27)26-31(28,29)15-20/h2-12,20H,13-15H2,1H3,(H,26,27). The first-order valence-electron chi connectivity index (χ1n) is 9.91. The lowest BCUT2D eigenvalue weighted by atomic mass is 9.97. The lowest BCUT2D eigenvalue weighted by Gasteiger charge is -2.22. The van der Waals surface area contributed by atoms with Gasteiger partial charge in [0, 0.05) is 22.9 Å². The van der Waals surface area contributed by atoms with E-state index in [4.69, 9.17) is 16.3 Å². The van der Waals surface area contributed by atoms with Gasteiger partial charge in [0.2, 0.25) is 15.9 Å². The zero-order chi connectivity index (χ0) is 22.0. The van der Waals surface area contributed by atoms with Gasteiger partial charge in [-0.05, 0) is 53.4 Å². The van der Waals surface area contributed by atoms with Gasteiger partial charge in [-0.1, -0.05) is 54.1 Å². The van der Waals surface area contributed by atoms with Gasteiger partial charge < -0.3 is 4.74 Å². The number of aryl methyl sites for hydroxylation is 1. The summed E-state index contributed by atoms with van der Waals surface area (Å²) in [7, 11) is -3.56. The Labute approximate surface area is 187 Å². The average Bonchev–Trinajstić information content (AvgIpc) is 2.71. The van der Waals surface area contributed by atoms with E-state index in [1.165, 1.54) is 0 Å². The van der Waals surface area contributed by atoms with Crippen molar-refractivity contribution in [1.82, 2.24) is 4.72 Å². The van der Waals surface area contributed by atoms with Crippen molar-refractivity contribution in [3.05, 3.63) is 88.4 Å². The third-order valence-electron chi connectivity index (χ3n) is 5.24. The number of carbonyl (C=O) groups excluding carboxylic acids is 1. The summed E-state index contributed by atoms with van der Waals surface area (Å²) in [5, 5.41) is 0.715. The summed E-state index contributed by atoms with van der Waals surface area (Å²) in [5.41, 5.74) is 4.93. The van der Waals surface area contributed by atoms with Crippen LogP contribution in [-0.2, 0) is 21.4 Å². The zero-order valence-corrected chi connectivity index (χ0v) is 18.5. The van der Waals surface area contributed by atoms with Crippen LogP contribution in [0.2, 0.25) is 5.02 Å². The number of hydrogen-bond acceptors (Lipinski definition) is 4. The first kappa shape index (κ1) is 21.4. The third-order valence-corrected chi connectivity index (χ3v) is 6.93. The van der Waals surface area contributed by atoms with Gasteiger partial charge in [-0.25, -0.2) is 8.42 Å². The maximum absolute atomic E-state index is 11.8. The molecule has 1 N–H and O–H groups in total. The molecule has 0 saturated carbocycles. The molecule has 1 aliphatic rings. The topological polar surface area (TPSA) is 72.5 Å². The van der Waals surface area contributed by atoms with Crippen LogP contribution in [0.4, 0.5) is 0 Å². The van der Waals surface area contributed by atoms with Gasteiger partial charge in [0.05, 0.1) is 5.75 Å². The Morgan fingerprint density at radius 1 is 1.06 bits per heavy atom. The number of hydrogen-bond donors (Lipinski definition) is 1. The Morgan fingerprint density at radius 3 is 2.55 bits per heavy atom. The SMILES string of the molecule is Cc1ccc(-c2cccc(COc3ccc(C4CC(=O)NS(=O)(=O)C4)cc3)c2)c(Cl)c1. The second-order valence-electron chi connectivity index (χ2n) is 7.75. The smallest absolute Gasteiger partial charge is 0.235 e. The lowest BCUT2D eigenvalue weighted by Crippen LogP contribution is -2.40. The predicted molar refractivity (Wildman–Crippen MR) is 122 cm³/mol. The number of rotatable bonds is 5. The second kappa shape index (κ2) is 8.73. The number of amides is 1. The van der Waals surface area contributed by atoms with Crippen molar-refractivity contribution in [1.29, 1.82) is 0 Å². The highest BCUT2D eigenvalue weighted by Gasteiger charge is 2.30. The fraction of sp³-hybridized carbons (Fsp3) is 0.208. The van der Waals surface area contributed by atoms with E-state index in [0.717, 1.165) is 27.8 Å². The number of halogens is 1. The zero-order valence-electron chi connectivity index (χ0n) is 17.0. The molecular formula is C24H22ClNO4S. The molecular weight excluding hydrogens is 434 g/mol. The molecule has 3 aromatic rings. The molecule has 4 rings (SSSR count). The third kappa shape index (κ3) is 5.27. The van der Waals surface area contributed by atoms with Gasteiger partial charge in [-0.3, -0.25) is 9.52 Å². The lowest BCUT2D eigenvalue weighted by molar-refractivity contribution is -0.119. The Kier molecular flexibility index (Phi) is 6.03. The van der Waals surface area contributed by atoms with E-state index >= 15 is 0 Å². The first-order chi connectivity index (χ1) is 14.8. The molecule has 1 heterocycles. The summed E-state index contributed by atoms with van der Waals surface area (Å²) < 4.78 is 31.5. The molecule has 1 aliphatic heterocycles. The molecule has 1 atom stereocenters. The van der Waals surface area contributed by atoms with E-state index in [-0.39, 0.29) is 18.1 Å². The Morgan fingerprint density at radius 2 is 1.84 bits per heavy atom. The molecule has 160 valence electrons. The summed E-state index contributed by atoms with van der Waals surface area (Å²) >= 11 is 6.40. The molecule has 0 aromatic heterocycles. The highest BCUT2D eigenvalue weighted by atomic mass is 35.5. The highest BCUT2D eigenvalue weighted by molar-refractivity contribution is 7.90. The van der Waals surface area contributed by atoms with E-state index < -0.39 is 15.9 Å².